The molecular formula is C14H25N3O3. The molecule has 0 radical (unpaired) electrons. The molecule has 20 heavy (non-hydrogen) atoms. The fourth-order valence-corrected chi connectivity index (χ4v) is 2.10. The van der Waals surface area contributed by atoms with Crippen LogP contribution in [0.25, 0.3) is 0 Å². The fourth-order valence-electron chi connectivity index (χ4n) is 2.10. The van der Waals surface area contributed by atoms with Gasteiger partial charge in [0.15, 0.2) is 0 Å². The van der Waals surface area contributed by atoms with Crippen LogP contribution >= 0.6 is 0 Å². The predicted molar refractivity (Wildman–Crippen MR) is 76.0 cm³/mol. The first kappa shape index (κ1) is 16.5. The van der Waals surface area contributed by atoms with Crippen molar-refractivity contribution in [3.63, 3.8) is 0 Å². The minimum absolute atomic E-state index is 0.206. The van der Waals surface area contributed by atoms with E-state index < -0.39 is 11.6 Å². The first-order chi connectivity index (χ1) is 9.30. The third kappa shape index (κ3) is 3.95. The molecule has 6 nitrogen and oxygen atoms in total. The number of hydrogen-bond donors (Lipinski definition) is 2. The molecule has 1 aliphatic rings. The Labute approximate surface area is 120 Å². The van der Waals surface area contributed by atoms with Crippen LogP contribution in [0, 0.1) is 5.92 Å². The summed E-state index contributed by atoms with van der Waals surface area (Å²) in [5.74, 6) is -0.156. The number of imide groups is 1. The van der Waals surface area contributed by atoms with E-state index in [0.717, 1.165) is 17.7 Å². The van der Waals surface area contributed by atoms with Gasteiger partial charge in [0.2, 0.25) is 5.91 Å². The molecule has 0 aliphatic carbocycles. The third-order valence-corrected chi connectivity index (χ3v) is 3.44. The summed E-state index contributed by atoms with van der Waals surface area (Å²) < 4.78 is 0. The summed E-state index contributed by atoms with van der Waals surface area (Å²) in [6.07, 6.45) is 2.25. The van der Waals surface area contributed by atoms with Gasteiger partial charge in [0, 0.05) is 6.54 Å². The van der Waals surface area contributed by atoms with E-state index in [0.29, 0.717) is 18.9 Å². The van der Waals surface area contributed by atoms with Gasteiger partial charge in [0.25, 0.3) is 5.91 Å². The monoisotopic (exact) mass is 283 g/mol. The Morgan fingerprint density at radius 1 is 1.40 bits per heavy atom. The number of amides is 4. The van der Waals surface area contributed by atoms with Crippen molar-refractivity contribution in [2.75, 3.05) is 13.1 Å². The number of nitrogens with one attached hydrogen (secondary N) is 2. The van der Waals surface area contributed by atoms with Crippen molar-refractivity contribution in [1.29, 1.82) is 0 Å². The molecule has 0 bridgehead atoms. The van der Waals surface area contributed by atoms with Crippen molar-refractivity contribution >= 4 is 17.8 Å². The quantitative estimate of drug-likeness (QED) is 0.690. The zero-order valence-corrected chi connectivity index (χ0v) is 12.8. The summed E-state index contributed by atoms with van der Waals surface area (Å²) in [7, 11) is 0. The van der Waals surface area contributed by atoms with Crippen LogP contribution in [0.4, 0.5) is 4.79 Å². The van der Waals surface area contributed by atoms with Crippen molar-refractivity contribution in [3.05, 3.63) is 0 Å². The van der Waals surface area contributed by atoms with Crippen molar-refractivity contribution in [2.24, 2.45) is 5.92 Å². The van der Waals surface area contributed by atoms with Gasteiger partial charge in [-0.05, 0) is 32.1 Å². The first-order valence-electron chi connectivity index (χ1n) is 7.21. The van der Waals surface area contributed by atoms with E-state index in [1.54, 1.807) is 6.92 Å². The van der Waals surface area contributed by atoms with Gasteiger partial charge in [-0.15, -0.1) is 0 Å². The standard InChI is InChI=1S/C14H25N3O3/c1-5-8-15-11(18)9-17-12(19)14(4,16-13(17)20)7-6-10(2)3/h10H,5-9H2,1-4H3,(H,15,18)(H,16,20)/t14-/m1/s1. The Morgan fingerprint density at radius 3 is 2.60 bits per heavy atom. The van der Waals surface area contributed by atoms with Gasteiger partial charge < -0.3 is 10.6 Å². The second kappa shape index (κ2) is 6.72. The molecule has 0 aromatic rings. The number of urea groups is 1. The number of nitrogens with zero attached hydrogens (tertiary/aromatic N) is 1. The second-order valence-electron chi connectivity index (χ2n) is 5.94. The molecule has 0 aromatic heterocycles. The summed E-state index contributed by atoms with van der Waals surface area (Å²) >= 11 is 0. The molecule has 114 valence electrons. The Morgan fingerprint density at radius 2 is 2.05 bits per heavy atom. The molecule has 2 N–H and O–H groups in total. The van der Waals surface area contributed by atoms with Crippen LogP contribution in [-0.4, -0.2) is 41.4 Å². The SMILES string of the molecule is CCCNC(=O)CN1C(=O)N[C@](C)(CCC(C)C)C1=O. The molecule has 0 unspecified atom stereocenters. The molecule has 4 amide bonds. The van der Waals surface area contributed by atoms with Gasteiger partial charge in [-0.25, -0.2) is 4.79 Å². The highest BCUT2D eigenvalue weighted by Gasteiger charge is 2.47. The van der Waals surface area contributed by atoms with Crippen molar-refractivity contribution in [1.82, 2.24) is 15.5 Å². The van der Waals surface area contributed by atoms with Gasteiger partial charge in [0.05, 0.1) is 0 Å². The Balaban J connectivity index is 2.64. The highest BCUT2D eigenvalue weighted by molar-refractivity contribution is 6.08. The van der Waals surface area contributed by atoms with Crippen LogP contribution < -0.4 is 10.6 Å². The zero-order chi connectivity index (χ0) is 15.3. The summed E-state index contributed by atoms with van der Waals surface area (Å²) in [6.45, 7) is 8.15. The van der Waals surface area contributed by atoms with E-state index in [2.05, 4.69) is 24.5 Å². The van der Waals surface area contributed by atoms with E-state index in [9.17, 15) is 14.4 Å². The highest BCUT2D eigenvalue weighted by Crippen LogP contribution is 2.24. The van der Waals surface area contributed by atoms with E-state index in [1.807, 2.05) is 6.92 Å². The number of rotatable bonds is 7. The normalized spacial score (nSPS) is 22.4. The minimum Gasteiger partial charge on any atom is -0.355 e. The van der Waals surface area contributed by atoms with Crippen molar-refractivity contribution in [3.8, 4) is 0 Å². The molecule has 1 saturated heterocycles. The molecule has 6 heteroatoms. The number of carbonyl (C=O) groups is 3. The third-order valence-electron chi connectivity index (χ3n) is 3.44. The first-order valence-corrected chi connectivity index (χ1v) is 7.21. The van der Waals surface area contributed by atoms with Gasteiger partial charge in [-0.3, -0.25) is 14.5 Å². The van der Waals surface area contributed by atoms with Crippen LogP contribution in [0.3, 0.4) is 0 Å². The second-order valence-corrected chi connectivity index (χ2v) is 5.94. The maximum absolute atomic E-state index is 12.3. The highest BCUT2D eigenvalue weighted by atomic mass is 16.2. The van der Waals surface area contributed by atoms with Crippen molar-refractivity contribution < 1.29 is 14.4 Å². The lowest BCUT2D eigenvalue weighted by Gasteiger charge is -2.22. The summed E-state index contributed by atoms with van der Waals surface area (Å²) in [4.78, 5) is 36.8. The van der Waals surface area contributed by atoms with Gasteiger partial charge in [-0.2, -0.15) is 0 Å². The molecule has 0 saturated carbocycles. The lowest BCUT2D eigenvalue weighted by molar-refractivity contribution is -0.134. The maximum Gasteiger partial charge on any atom is 0.325 e. The summed E-state index contributed by atoms with van der Waals surface area (Å²) in [5, 5.41) is 5.37. The largest absolute Gasteiger partial charge is 0.355 e. The number of hydrogen-bond acceptors (Lipinski definition) is 3. The molecule has 1 fully saturated rings. The van der Waals surface area contributed by atoms with E-state index >= 15 is 0 Å². The van der Waals surface area contributed by atoms with E-state index in [4.69, 9.17) is 0 Å². The van der Waals surface area contributed by atoms with E-state index in [1.165, 1.54) is 0 Å². The Hall–Kier alpha value is -1.59. The number of carbonyl (C=O) groups excluding carboxylic acids is 3. The maximum atomic E-state index is 12.3. The molecule has 1 atom stereocenters. The summed E-state index contributed by atoms with van der Waals surface area (Å²) in [5.41, 5.74) is -0.883. The van der Waals surface area contributed by atoms with Crippen molar-refractivity contribution in [2.45, 2.75) is 52.5 Å². The fraction of sp³-hybridized carbons (Fsp3) is 0.786. The average molecular weight is 283 g/mol. The predicted octanol–water partition coefficient (Wildman–Crippen LogP) is 1.26. The zero-order valence-electron chi connectivity index (χ0n) is 12.8. The molecular weight excluding hydrogens is 258 g/mol. The van der Waals surface area contributed by atoms with Gasteiger partial charge in [-0.1, -0.05) is 20.8 Å². The smallest absolute Gasteiger partial charge is 0.325 e. The molecule has 1 rings (SSSR count). The molecule has 1 heterocycles. The van der Waals surface area contributed by atoms with Crippen LogP contribution in [0.1, 0.15) is 47.0 Å². The lowest BCUT2D eigenvalue weighted by atomic mass is 9.92. The molecule has 0 aromatic carbocycles. The van der Waals surface area contributed by atoms with Gasteiger partial charge in [0.1, 0.15) is 12.1 Å². The summed E-state index contributed by atoms with van der Waals surface area (Å²) in [6, 6.07) is -0.479. The van der Waals surface area contributed by atoms with Crippen LogP contribution in [0.5, 0.6) is 0 Å². The van der Waals surface area contributed by atoms with Gasteiger partial charge >= 0.3 is 6.03 Å². The Kier molecular flexibility index (Phi) is 5.53. The lowest BCUT2D eigenvalue weighted by Crippen LogP contribution is -2.45. The van der Waals surface area contributed by atoms with E-state index in [-0.39, 0.29) is 18.4 Å². The molecule has 1 aliphatic heterocycles. The topological polar surface area (TPSA) is 78.5 Å². The van der Waals surface area contributed by atoms with Crippen LogP contribution in [0.2, 0.25) is 0 Å². The average Bonchev–Trinajstić information content (AvgIpc) is 2.58. The molecule has 0 spiro atoms. The van der Waals surface area contributed by atoms with Crippen LogP contribution in [0.15, 0.2) is 0 Å². The van der Waals surface area contributed by atoms with Crippen LogP contribution in [-0.2, 0) is 9.59 Å². The Bertz CT molecular complexity index is 395. The minimum atomic E-state index is -0.883.